The third-order valence-corrected chi connectivity index (χ3v) is 12.8. The Morgan fingerprint density at radius 3 is 2.49 bits per heavy atom. The van der Waals surface area contributed by atoms with Crippen LogP contribution in [0.1, 0.15) is 159 Å². The number of nitrogens with two attached hydrogens (primary N) is 1. The quantitative estimate of drug-likeness (QED) is 0.0389. The molecular formula is C46H75N3O6. The van der Waals surface area contributed by atoms with Gasteiger partial charge in [-0.25, -0.2) is 4.98 Å². The first-order chi connectivity index (χ1) is 26.3. The van der Waals surface area contributed by atoms with Crippen molar-refractivity contribution < 1.29 is 30.3 Å². The molecule has 9 heteroatoms. The number of aryl methyl sites for hydroxylation is 1. The van der Waals surface area contributed by atoms with E-state index in [1.165, 1.54) is 30.5 Å². The molecule has 0 radical (unpaired) electrons. The van der Waals surface area contributed by atoms with Crippen molar-refractivity contribution in [3.05, 3.63) is 59.1 Å². The highest BCUT2D eigenvalue weighted by Crippen LogP contribution is 2.46. The number of H-pyrrole nitrogens is 1. The molecule has 0 aliphatic heterocycles. The van der Waals surface area contributed by atoms with E-state index in [2.05, 4.69) is 55.9 Å². The van der Waals surface area contributed by atoms with E-state index in [9.17, 15) is 30.3 Å². The van der Waals surface area contributed by atoms with Gasteiger partial charge in [-0.3, -0.25) is 4.79 Å². The lowest BCUT2D eigenvalue weighted by molar-refractivity contribution is -0.146. The van der Waals surface area contributed by atoms with Crippen LogP contribution in [0.25, 0.3) is 0 Å². The summed E-state index contributed by atoms with van der Waals surface area (Å²) in [7, 11) is 0. The summed E-state index contributed by atoms with van der Waals surface area (Å²) in [6.07, 6.45) is 20.1. The zero-order valence-electron chi connectivity index (χ0n) is 34.5. The Morgan fingerprint density at radius 1 is 1.02 bits per heavy atom. The van der Waals surface area contributed by atoms with Gasteiger partial charge in [0.25, 0.3) is 0 Å². The molecule has 310 valence electrons. The highest BCUT2D eigenvalue weighted by atomic mass is 16.4. The van der Waals surface area contributed by atoms with Crippen molar-refractivity contribution in [2.45, 2.75) is 173 Å². The van der Waals surface area contributed by atoms with Gasteiger partial charge in [-0.1, -0.05) is 78.4 Å². The van der Waals surface area contributed by atoms with E-state index in [0.717, 1.165) is 69.0 Å². The maximum Gasteiger partial charge on any atom is 0.309 e. The number of nitrogen functional groups attached to an aromatic ring is 1. The summed E-state index contributed by atoms with van der Waals surface area (Å²) in [6.45, 7) is 9.09. The largest absolute Gasteiger partial charge is 0.481 e. The summed E-state index contributed by atoms with van der Waals surface area (Å²) >= 11 is 0. The fourth-order valence-corrected chi connectivity index (χ4v) is 9.90. The van der Waals surface area contributed by atoms with E-state index >= 15 is 0 Å². The van der Waals surface area contributed by atoms with E-state index in [0.29, 0.717) is 62.1 Å². The molecule has 0 saturated heterocycles. The molecule has 55 heavy (non-hydrogen) atoms. The van der Waals surface area contributed by atoms with Gasteiger partial charge in [0.05, 0.1) is 23.7 Å². The highest BCUT2D eigenvalue weighted by molar-refractivity contribution is 5.70. The number of aliphatic hydroxyl groups is 4. The van der Waals surface area contributed by atoms with Gasteiger partial charge in [0.15, 0.2) is 0 Å². The van der Waals surface area contributed by atoms with Crippen LogP contribution in [0.5, 0.6) is 0 Å². The summed E-state index contributed by atoms with van der Waals surface area (Å²) in [5, 5.41) is 54.3. The molecule has 0 spiro atoms. The van der Waals surface area contributed by atoms with Gasteiger partial charge >= 0.3 is 5.97 Å². The Morgan fingerprint density at radius 2 is 1.80 bits per heavy atom. The van der Waals surface area contributed by atoms with Crippen molar-refractivity contribution in [3.8, 4) is 0 Å². The summed E-state index contributed by atoms with van der Waals surface area (Å²) in [4.78, 5) is 20.2. The maximum absolute atomic E-state index is 12.4. The Kier molecular flexibility index (Phi) is 18.2. The number of hydrogen-bond donors (Lipinski definition) is 7. The molecule has 0 aromatic carbocycles. The molecule has 0 unspecified atom stereocenters. The van der Waals surface area contributed by atoms with Crippen LogP contribution in [0.3, 0.4) is 0 Å². The number of nitrogens with one attached hydrogen (secondary N) is 1. The summed E-state index contributed by atoms with van der Waals surface area (Å²) in [6, 6.07) is 6.14. The molecule has 9 atom stereocenters. The maximum atomic E-state index is 12.4. The van der Waals surface area contributed by atoms with Gasteiger partial charge in [-0.15, -0.1) is 0 Å². The lowest BCUT2D eigenvalue weighted by Gasteiger charge is -2.32. The lowest BCUT2D eigenvalue weighted by atomic mass is 9.80. The number of rotatable bonds is 25. The van der Waals surface area contributed by atoms with Gasteiger partial charge < -0.3 is 36.3 Å². The second kappa shape index (κ2) is 22.3. The predicted molar refractivity (Wildman–Crippen MR) is 222 cm³/mol. The topological polar surface area (TPSA) is 173 Å². The number of aliphatic carboxylic acids is 1. The van der Waals surface area contributed by atoms with E-state index in [1.807, 2.05) is 12.1 Å². The van der Waals surface area contributed by atoms with Crippen LogP contribution in [0.2, 0.25) is 0 Å². The van der Waals surface area contributed by atoms with E-state index in [1.54, 1.807) is 6.20 Å². The molecule has 2 aromatic heterocycles. The summed E-state index contributed by atoms with van der Waals surface area (Å²) in [5.41, 5.74) is 9.57. The molecule has 2 aliphatic rings. The predicted octanol–water partition coefficient (Wildman–Crippen LogP) is 8.53. The second-order valence-corrected chi connectivity index (χ2v) is 18.0. The molecule has 1 saturated carbocycles. The first kappa shape index (κ1) is 45.0. The first-order valence-electron chi connectivity index (χ1n) is 21.8. The van der Waals surface area contributed by atoms with Crippen LogP contribution < -0.4 is 5.73 Å². The number of carbonyl (C=O) groups is 1. The third kappa shape index (κ3) is 14.0. The Balaban J connectivity index is 1.37. The number of aliphatic hydroxyl groups excluding tert-OH is 3. The number of nitrogens with zero attached hydrogens (tertiary/aromatic N) is 1. The third-order valence-electron chi connectivity index (χ3n) is 12.8. The van der Waals surface area contributed by atoms with Gasteiger partial charge in [0.2, 0.25) is 0 Å². The summed E-state index contributed by atoms with van der Waals surface area (Å²) in [5.74, 6) is 0.311. The smallest absolute Gasteiger partial charge is 0.309 e. The van der Waals surface area contributed by atoms with E-state index in [-0.39, 0.29) is 36.9 Å². The molecule has 9 nitrogen and oxygen atoms in total. The van der Waals surface area contributed by atoms with Crippen molar-refractivity contribution >= 4 is 11.8 Å². The molecule has 2 heterocycles. The minimum Gasteiger partial charge on any atom is -0.481 e. The van der Waals surface area contributed by atoms with Crippen LogP contribution in [0.15, 0.2) is 36.5 Å². The fourth-order valence-electron chi connectivity index (χ4n) is 9.90. The van der Waals surface area contributed by atoms with Crippen molar-refractivity contribution in [1.82, 2.24) is 9.97 Å². The van der Waals surface area contributed by atoms with Crippen LogP contribution in [-0.4, -0.2) is 65.9 Å². The zero-order chi connectivity index (χ0) is 40.0. The van der Waals surface area contributed by atoms with Gasteiger partial charge in [0, 0.05) is 30.1 Å². The average molecular weight is 766 g/mol. The van der Waals surface area contributed by atoms with E-state index in [4.69, 9.17) is 5.73 Å². The van der Waals surface area contributed by atoms with Crippen LogP contribution in [0, 0.1) is 35.5 Å². The van der Waals surface area contributed by atoms with Crippen LogP contribution >= 0.6 is 0 Å². The normalized spacial score (nSPS) is 25.7. The minimum atomic E-state index is -1.06. The Labute approximate surface area is 331 Å². The molecule has 0 bridgehead atoms. The van der Waals surface area contributed by atoms with Crippen molar-refractivity contribution in [3.63, 3.8) is 0 Å². The average Bonchev–Trinajstić information content (AvgIpc) is 3.67. The molecular weight excluding hydrogens is 691 g/mol. The number of carboxylic acids is 1. The lowest BCUT2D eigenvalue weighted by Crippen LogP contribution is -2.37. The number of aromatic nitrogens is 2. The van der Waals surface area contributed by atoms with Gasteiger partial charge in [0.1, 0.15) is 5.82 Å². The van der Waals surface area contributed by atoms with Crippen molar-refractivity contribution in [2.75, 3.05) is 12.3 Å². The van der Waals surface area contributed by atoms with Crippen molar-refractivity contribution in [2.24, 2.45) is 35.5 Å². The van der Waals surface area contributed by atoms with Crippen LogP contribution in [0.4, 0.5) is 5.82 Å². The SMILES string of the molecule is CCCCC[C@@H]1C=C[C@@H](CCCCC[C@H](C(=O)O)[C@H](O)CC[C@]2(O)C[C@H](Cc3ccnc(N)c3)C[C@H]2Cc2cc([C@H](C)CC(C)C)c(CCCO)[nH]2)[C@H](O)C1. The van der Waals surface area contributed by atoms with Crippen molar-refractivity contribution in [1.29, 1.82) is 0 Å². The number of pyridine rings is 1. The Hall–Kier alpha value is -2.72. The molecule has 1 fully saturated rings. The standard InChI is InChI=1S/C46H75N3O6/c1-5-6-8-12-33-16-17-36(43(52)26-33)13-9-7-10-14-39(45(53)54)42(51)18-20-46(55)30-35(24-34-19-21-48-44(47)27-34)25-37(46)28-38-29-40(32(4)23-31(2)3)41(49-38)15-11-22-50/h16-17,19,21,27,29,31-33,35-37,39,42-43,49-52,55H,5-15,18,20,22-26,28,30H2,1-4H3,(H2,47,48)(H,53,54)/t32-,33-,35-,36-,37+,39+,42-,43-,46+/m1/s1. The first-order valence-corrected chi connectivity index (χ1v) is 21.8. The minimum absolute atomic E-state index is 0.0689. The monoisotopic (exact) mass is 766 g/mol. The molecule has 0 amide bonds. The Bertz CT molecular complexity index is 1460. The molecule has 8 N–H and O–H groups in total. The molecule has 2 aliphatic carbocycles. The number of anilines is 1. The molecule has 2 aromatic rings. The number of hydrogen-bond acceptors (Lipinski definition) is 7. The number of allylic oxidation sites excluding steroid dienone is 1. The molecule has 4 rings (SSSR count). The van der Waals surface area contributed by atoms with Gasteiger partial charge in [-0.05, 0) is 142 Å². The number of carboxylic acid groups (broad SMARTS) is 1. The highest BCUT2D eigenvalue weighted by Gasteiger charge is 2.46. The second-order valence-electron chi connectivity index (χ2n) is 18.0. The van der Waals surface area contributed by atoms with E-state index < -0.39 is 23.6 Å². The van der Waals surface area contributed by atoms with Gasteiger partial charge in [-0.2, -0.15) is 0 Å². The number of aromatic amines is 1. The zero-order valence-corrected chi connectivity index (χ0v) is 34.5. The number of unbranched alkanes of at least 4 members (excludes halogenated alkanes) is 4. The van der Waals surface area contributed by atoms with Crippen LogP contribution in [-0.2, 0) is 24.1 Å². The summed E-state index contributed by atoms with van der Waals surface area (Å²) < 4.78 is 0. The fraction of sp³-hybridized carbons (Fsp3) is 0.739.